The Hall–Kier alpha value is -1.86. The summed E-state index contributed by atoms with van der Waals surface area (Å²) in [6.07, 6.45) is 2.21. The molecule has 114 valence electrons. The summed E-state index contributed by atoms with van der Waals surface area (Å²) in [5, 5.41) is 14.1. The average Bonchev–Trinajstić information content (AvgIpc) is 2.90. The number of nitro groups is 1. The molecule has 0 bridgehead atoms. The van der Waals surface area contributed by atoms with Crippen LogP contribution >= 0.6 is 12.4 Å². The largest absolute Gasteiger partial charge is 0.423 e. The van der Waals surface area contributed by atoms with Crippen LogP contribution in [0.3, 0.4) is 0 Å². The maximum atomic E-state index is 10.8. The van der Waals surface area contributed by atoms with Gasteiger partial charge in [-0.15, -0.1) is 12.4 Å². The molecule has 2 heterocycles. The van der Waals surface area contributed by atoms with Crippen molar-refractivity contribution in [1.82, 2.24) is 10.3 Å². The summed E-state index contributed by atoms with van der Waals surface area (Å²) < 4.78 is 5.68. The predicted octanol–water partition coefficient (Wildman–Crippen LogP) is 2.35. The monoisotopic (exact) mass is 312 g/mol. The molecular weight excluding hydrogens is 296 g/mol. The van der Waals surface area contributed by atoms with Gasteiger partial charge < -0.3 is 14.6 Å². The molecule has 7 nitrogen and oxygen atoms in total. The molecule has 1 aliphatic rings. The molecule has 0 amide bonds. The molecular formula is C13H17ClN4O3. The van der Waals surface area contributed by atoms with Gasteiger partial charge in [0, 0.05) is 31.8 Å². The maximum Gasteiger partial charge on any atom is 0.298 e. The number of rotatable bonds is 3. The molecule has 1 aliphatic heterocycles. The van der Waals surface area contributed by atoms with Crippen LogP contribution in [0, 0.1) is 10.1 Å². The van der Waals surface area contributed by atoms with Crippen molar-refractivity contribution in [1.29, 1.82) is 0 Å². The van der Waals surface area contributed by atoms with Gasteiger partial charge in [-0.2, -0.15) is 4.98 Å². The number of nitro benzene ring substituents is 1. The summed E-state index contributed by atoms with van der Waals surface area (Å²) in [7, 11) is 1.94. The smallest absolute Gasteiger partial charge is 0.298 e. The first-order chi connectivity index (χ1) is 9.65. The van der Waals surface area contributed by atoms with E-state index in [0.717, 1.165) is 25.9 Å². The number of piperidine rings is 1. The Bertz CT molecular complexity index is 639. The van der Waals surface area contributed by atoms with E-state index in [9.17, 15) is 10.1 Å². The molecule has 8 heteroatoms. The van der Waals surface area contributed by atoms with Crippen molar-refractivity contribution in [3.8, 4) is 0 Å². The maximum absolute atomic E-state index is 10.8. The highest BCUT2D eigenvalue weighted by atomic mass is 35.5. The number of non-ortho nitro benzene ring substituents is 1. The SMILES string of the molecule is CN(c1nc2cc([N+](=O)[O-])ccc2o1)[C@@H]1CCCNC1.Cl. The first-order valence-corrected chi connectivity index (χ1v) is 6.63. The van der Waals surface area contributed by atoms with E-state index in [1.807, 2.05) is 11.9 Å². The van der Waals surface area contributed by atoms with Crippen molar-refractivity contribution in [3.63, 3.8) is 0 Å². The first kappa shape index (κ1) is 15.5. The van der Waals surface area contributed by atoms with Gasteiger partial charge in [-0.05, 0) is 25.5 Å². The average molecular weight is 313 g/mol. The van der Waals surface area contributed by atoms with Crippen molar-refractivity contribution in [2.45, 2.75) is 18.9 Å². The van der Waals surface area contributed by atoms with Crippen molar-refractivity contribution in [3.05, 3.63) is 28.3 Å². The lowest BCUT2D eigenvalue weighted by Crippen LogP contribution is -2.44. The van der Waals surface area contributed by atoms with Crippen molar-refractivity contribution in [2.75, 3.05) is 25.0 Å². The van der Waals surface area contributed by atoms with Crippen LogP contribution in [0.15, 0.2) is 22.6 Å². The van der Waals surface area contributed by atoms with Gasteiger partial charge in [0.1, 0.15) is 5.52 Å². The van der Waals surface area contributed by atoms with Crippen LogP contribution in [0.4, 0.5) is 11.7 Å². The van der Waals surface area contributed by atoms with Gasteiger partial charge in [0.25, 0.3) is 11.7 Å². The van der Waals surface area contributed by atoms with Crippen molar-refractivity contribution >= 4 is 35.2 Å². The van der Waals surface area contributed by atoms with E-state index in [-0.39, 0.29) is 18.1 Å². The molecule has 0 saturated carbocycles. The topological polar surface area (TPSA) is 84.4 Å². The minimum absolute atomic E-state index is 0. The predicted molar refractivity (Wildman–Crippen MR) is 82.2 cm³/mol. The minimum atomic E-state index is -0.428. The third-order valence-corrected chi connectivity index (χ3v) is 3.69. The molecule has 1 fully saturated rings. The number of benzene rings is 1. The Balaban J connectivity index is 0.00000161. The van der Waals surface area contributed by atoms with Crippen LogP contribution in [0.1, 0.15) is 12.8 Å². The van der Waals surface area contributed by atoms with Crippen LogP contribution in [0.2, 0.25) is 0 Å². The summed E-state index contributed by atoms with van der Waals surface area (Å²) in [6.45, 7) is 1.94. The molecule has 3 rings (SSSR count). The molecule has 0 unspecified atom stereocenters. The zero-order valence-electron chi connectivity index (χ0n) is 11.6. The van der Waals surface area contributed by atoms with Gasteiger partial charge in [-0.3, -0.25) is 10.1 Å². The Labute approximate surface area is 127 Å². The number of anilines is 1. The molecule has 21 heavy (non-hydrogen) atoms. The first-order valence-electron chi connectivity index (χ1n) is 6.63. The number of aromatic nitrogens is 1. The number of likely N-dealkylation sites (N-methyl/N-ethyl adjacent to an activating group) is 1. The standard InChI is InChI=1S/C13H16N4O3.ClH/c1-16(10-3-2-6-14-8-10)13-15-11-7-9(17(18)19)4-5-12(11)20-13;/h4-5,7,10,14H,2-3,6,8H2,1H3;1H/t10-;/m1./s1. The number of hydrogen-bond donors (Lipinski definition) is 1. The van der Waals surface area contributed by atoms with E-state index in [1.165, 1.54) is 12.1 Å². The van der Waals surface area contributed by atoms with E-state index < -0.39 is 4.92 Å². The zero-order valence-corrected chi connectivity index (χ0v) is 12.4. The molecule has 2 aromatic rings. The lowest BCUT2D eigenvalue weighted by molar-refractivity contribution is -0.384. The fraction of sp³-hybridized carbons (Fsp3) is 0.462. The molecule has 0 radical (unpaired) electrons. The summed E-state index contributed by atoms with van der Waals surface area (Å²) >= 11 is 0. The Morgan fingerprint density at radius 2 is 2.33 bits per heavy atom. The second-order valence-electron chi connectivity index (χ2n) is 5.02. The van der Waals surface area contributed by atoms with E-state index in [1.54, 1.807) is 6.07 Å². The molecule has 0 spiro atoms. The Kier molecular flexibility index (Phi) is 4.64. The number of halogens is 1. The summed E-state index contributed by atoms with van der Waals surface area (Å²) in [6, 6.07) is 5.31. The second kappa shape index (κ2) is 6.28. The quantitative estimate of drug-likeness (QED) is 0.691. The normalized spacial score (nSPS) is 18.2. The molecule has 0 aliphatic carbocycles. The highest BCUT2D eigenvalue weighted by Crippen LogP contribution is 2.26. The van der Waals surface area contributed by atoms with Crippen LogP contribution in [0.25, 0.3) is 11.1 Å². The molecule has 1 saturated heterocycles. The van der Waals surface area contributed by atoms with E-state index >= 15 is 0 Å². The third kappa shape index (κ3) is 3.08. The molecule has 1 aromatic carbocycles. The molecule has 1 atom stereocenters. The minimum Gasteiger partial charge on any atom is -0.423 e. The van der Waals surface area contributed by atoms with Crippen LogP contribution in [-0.4, -0.2) is 36.1 Å². The Morgan fingerprint density at radius 3 is 3.00 bits per heavy atom. The van der Waals surface area contributed by atoms with Crippen LogP contribution < -0.4 is 10.2 Å². The van der Waals surface area contributed by atoms with Gasteiger partial charge in [0.2, 0.25) is 0 Å². The van der Waals surface area contributed by atoms with E-state index in [4.69, 9.17) is 4.42 Å². The van der Waals surface area contributed by atoms with Crippen molar-refractivity contribution < 1.29 is 9.34 Å². The second-order valence-corrected chi connectivity index (χ2v) is 5.02. The number of hydrogen-bond acceptors (Lipinski definition) is 6. The lowest BCUT2D eigenvalue weighted by atomic mass is 10.1. The fourth-order valence-corrected chi connectivity index (χ4v) is 2.49. The molecule has 1 N–H and O–H groups in total. The number of nitrogens with one attached hydrogen (secondary N) is 1. The highest BCUT2D eigenvalue weighted by Gasteiger charge is 2.22. The summed E-state index contributed by atoms with van der Waals surface area (Å²) in [5.41, 5.74) is 1.12. The van der Waals surface area contributed by atoms with Gasteiger partial charge in [0.05, 0.1) is 4.92 Å². The third-order valence-electron chi connectivity index (χ3n) is 3.69. The number of oxazole rings is 1. The summed E-state index contributed by atoms with van der Waals surface area (Å²) in [4.78, 5) is 16.7. The van der Waals surface area contributed by atoms with E-state index in [0.29, 0.717) is 23.2 Å². The lowest BCUT2D eigenvalue weighted by Gasteiger charge is -2.30. The van der Waals surface area contributed by atoms with Crippen molar-refractivity contribution in [2.24, 2.45) is 0 Å². The zero-order chi connectivity index (χ0) is 14.1. The fourth-order valence-electron chi connectivity index (χ4n) is 2.49. The number of fused-ring (bicyclic) bond motifs is 1. The summed E-state index contributed by atoms with van der Waals surface area (Å²) in [5.74, 6) is 0. The van der Waals surface area contributed by atoms with Gasteiger partial charge >= 0.3 is 0 Å². The Morgan fingerprint density at radius 1 is 1.52 bits per heavy atom. The van der Waals surface area contributed by atoms with E-state index in [2.05, 4.69) is 10.3 Å². The van der Waals surface area contributed by atoms with Gasteiger partial charge in [-0.25, -0.2) is 0 Å². The molecule has 1 aromatic heterocycles. The van der Waals surface area contributed by atoms with Crippen LogP contribution in [0.5, 0.6) is 0 Å². The van der Waals surface area contributed by atoms with Crippen LogP contribution in [-0.2, 0) is 0 Å². The highest BCUT2D eigenvalue weighted by molar-refractivity contribution is 5.85. The van der Waals surface area contributed by atoms with Gasteiger partial charge in [-0.1, -0.05) is 0 Å². The number of nitrogens with zero attached hydrogens (tertiary/aromatic N) is 3. The van der Waals surface area contributed by atoms with Gasteiger partial charge in [0.15, 0.2) is 5.58 Å².